The molecule has 1 aliphatic rings. The van der Waals surface area contributed by atoms with E-state index >= 15 is 0 Å². The molecule has 1 heterocycles. The predicted octanol–water partition coefficient (Wildman–Crippen LogP) is 0.583. The molecule has 2 unspecified atom stereocenters. The van der Waals surface area contributed by atoms with Crippen molar-refractivity contribution in [2.75, 3.05) is 24.2 Å². The third kappa shape index (κ3) is 3.14. The molecule has 6 N–H and O–H groups in total. The van der Waals surface area contributed by atoms with Gasteiger partial charge in [-0.3, -0.25) is 4.79 Å². The zero-order chi connectivity index (χ0) is 13.8. The number of hydrogen-bond acceptors (Lipinski definition) is 5. The zero-order valence-corrected chi connectivity index (χ0v) is 10.8. The topological polar surface area (TPSA) is 114 Å². The number of anilines is 2. The Balaban J connectivity index is 2.05. The summed E-state index contributed by atoms with van der Waals surface area (Å²) in [7, 11) is 0. The highest BCUT2D eigenvalue weighted by Crippen LogP contribution is 2.31. The lowest BCUT2D eigenvalue weighted by molar-refractivity contribution is 0.100. The smallest absolute Gasteiger partial charge is 0.252 e. The SMILES string of the molecule is NC(=O)c1cc(N)cnc1NCC1CCCC1CO. The van der Waals surface area contributed by atoms with Crippen LogP contribution in [0.1, 0.15) is 29.6 Å². The number of aromatic nitrogens is 1. The number of carbonyl (C=O) groups excluding carboxylic acids is 1. The number of hydrogen-bond donors (Lipinski definition) is 4. The molecule has 0 spiro atoms. The number of nitrogens with zero attached hydrogens (tertiary/aromatic N) is 1. The van der Waals surface area contributed by atoms with Crippen LogP contribution in [0.4, 0.5) is 11.5 Å². The molecule has 0 radical (unpaired) electrons. The molecule has 1 fully saturated rings. The lowest BCUT2D eigenvalue weighted by atomic mass is 9.97. The number of nitrogens with two attached hydrogens (primary N) is 2. The summed E-state index contributed by atoms with van der Waals surface area (Å²) in [6, 6.07) is 1.52. The van der Waals surface area contributed by atoms with Crippen LogP contribution in [0, 0.1) is 11.8 Å². The highest BCUT2D eigenvalue weighted by molar-refractivity contribution is 5.98. The third-order valence-corrected chi connectivity index (χ3v) is 3.76. The summed E-state index contributed by atoms with van der Waals surface area (Å²) in [6.07, 6.45) is 4.77. The molecule has 6 heteroatoms. The highest BCUT2D eigenvalue weighted by Gasteiger charge is 2.26. The number of amides is 1. The molecule has 0 aliphatic heterocycles. The number of rotatable bonds is 5. The van der Waals surface area contributed by atoms with Crippen LogP contribution >= 0.6 is 0 Å². The van der Waals surface area contributed by atoms with Crippen molar-refractivity contribution < 1.29 is 9.90 Å². The molecule has 2 atom stereocenters. The number of nitrogen functional groups attached to an aromatic ring is 1. The van der Waals surface area contributed by atoms with Gasteiger partial charge in [0.25, 0.3) is 5.91 Å². The highest BCUT2D eigenvalue weighted by atomic mass is 16.3. The van der Waals surface area contributed by atoms with Gasteiger partial charge in [0.15, 0.2) is 0 Å². The van der Waals surface area contributed by atoms with Crippen molar-refractivity contribution in [1.82, 2.24) is 4.98 Å². The maximum atomic E-state index is 11.3. The van der Waals surface area contributed by atoms with Gasteiger partial charge in [0.2, 0.25) is 0 Å². The molecule has 0 saturated heterocycles. The fourth-order valence-electron chi connectivity index (χ4n) is 2.66. The Bertz CT molecular complexity index is 464. The number of carbonyl (C=O) groups is 1. The molecule has 0 aromatic carbocycles. The molecule has 1 saturated carbocycles. The maximum absolute atomic E-state index is 11.3. The largest absolute Gasteiger partial charge is 0.397 e. The van der Waals surface area contributed by atoms with E-state index in [1.54, 1.807) is 0 Å². The summed E-state index contributed by atoms with van der Waals surface area (Å²) >= 11 is 0. The van der Waals surface area contributed by atoms with Crippen LogP contribution in [-0.4, -0.2) is 29.1 Å². The van der Waals surface area contributed by atoms with E-state index in [0.29, 0.717) is 35.4 Å². The summed E-state index contributed by atoms with van der Waals surface area (Å²) < 4.78 is 0. The van der Waals surface area contributed by atoms with Crippen LogP contribution in [-0.2, 0) is 0 Å². The summed E-state index contributed by atoms with van der Waals surface area (Å²) in [6.45, 7) is 0.895. The van der Waals surface area contributed by atoms with Crippen molar-refractivity contribution in [2.45, 2.75) is 19.3 Å². The Labute approximate surface area is 112 Å². The minimum absolute atomic E-state index is 0.212. The van der Waals surface area contributed by atoms with Gasteiger partial charge in [-0.1, -0.05) is 6.42 Å². The first-order valence-corrected chi connectivity index (χ1v) is 6.52. The van der Waals surface area contributed by atoms with Crippen molar-refractivity contribution in [3.05, 3.63) is 17.8 Å². The molecule has 19 heavy (non-hydrogen) atoms. The molecule has 1 aliphatic carbocycles. The predicted molar refractivity (Wildman–Crippen MR) is 73.6 cm³/mol. The average Bonchev–Trinajstić information content (AvgIpc) is 2.84. The van der Waals surface area contributed by atoms with Crippen LogP contribution in [0.2, 0.25) is 0 Å². The summed E-state index contributed by atoms with van der Waals surface area (Å²) in [5, 5.41) is 12.4. The van der Waals surface area contributed by atoms with E-state index in [-0.39, 0.29) is 6.61 Å². The summed E-state index contributed by atoms with van der Waals surface area (Å²) in [5.74, 6) is 0.654. The second-order valence-electron chi connectivity index (χ2n) is 5.04. The van der Waals surface area contributed by atoms with Crippen molar-refractivity contribution in [3.8, 4) is 0 Å². The Hall–Kier alpha value is -1.82. The van der Waals surface area contributed by atoms with E-state index in [1.807, 2.05) is 0 Å². The number of aliphatic hydroxyl groups excluding tert-OH is 1. The molecule has 104 valence electrons. The fraction of sp³-hybridized carbons (Fsp3) is 0.538. The molecule has 1 amide bonds. The second kappa shape index (κ2) is 5.88. The van der Waals surface area contributed by atoms with Crippen LogP contribution in [0.5, 0.6) is 0 Å². The van der Waals surface area contributed by atoms with Gasteiger partial charge in [-0.25, -0.2) is 4.98 Å². The third-order valence-electron chi connectivity index (χ3n) is 3.76. The molecular formula is C13H20N4O2. The fourth-order valence-corrected chi connectivity index (χ4v) is 2.66. The normalized spacial score (nSPS) is 22.4. The van der Waals surface area contributed by atoms with Crippen LogP contribution in [0.25, 0.3) is 0 Å². The second-order valence-corrected chi connectivity index (χ2v) is 5.04. The maximum Gasteiger partial charge on any atom is 0.252 e. The Morgan fingerprint density at radius 1 is 1.47 bits per heavy atom. The molecule has 2 rings (SSSR count). The molecular weight excluding hydrogens is 244 g/mol. The minimum Gasteiger partial charge on any atom is -0.397 e. The first-order valence-electron chi connectivity index (χ1n) is 6.52. The van der Waals surface area contributed by atoms with Gasteiger partial charge >= 0.3 is 0 Å². The van der Waals surface area contributed by atoms with E-state index in [2.05, 4.69) is 10.3 Å². The zero-order valence-electron chi connectivity index (χ0n) is 10.8. The van der Waals surface area contributed by atoms with Gasteiger partial charge in [-0.15, -0.1) is 0 Å². The standard InChI is InChI=1S/C13H20N4O2/c14-10-4-11(12(15)19)13(17-6-10)16-5-8-2-1-3-9(8)7-18/h4,6,8-9,18H,1-3,5,7,14H2,(H2,15,19)(H,16,17). The van der Waals surface area contributed by atoms with E-state index in [4.69, 9.17) is 11.5 Å². The van der Waals surface area contributed by atoms with Crippen molar-refractivity contribution >= 4 is 17.4 Å². The van der Waals surface area contributed by atoms with Gasteiger partial charge in [-0.05, 0) is 30.7 Å². The van der Waals surface area contributed by atoms with E-state index < -0.39 is 5.91 Å². The van der Waals surface area contributed by atoms with Crippen molar-refractivity contribution in [2.24, 2.45) is 17.6 Å². The average molecular weight is 264 g/mol. The monoisotopic (exact) mass is 264 g/mol. The number of nitrogens with one attached hydrogen (secondary N) is 1. The summed E-state index contributed by atoms with van der Waals surface area (Å²) in [5.41, 5.74) is 11.6. The van der Waals surface area contributed by atoms with Gasteiger partial charge in [0.05, 0.1) is 17.4 Å². The first kappa shape index (κ1) is 13.6. The number of pyridine rings is 1. The van der Waals surface area contributed by atoms with Crippen LogP contribution in [0.15, 0.2) is 12.3 Å². The molecule has 1 aromatic rings. The van der Waals surface area contributed by atoms with E-state index in [9.17, 15) is 9.90 Å². The number of aliphatic hydroxyl groups is 1. The summed E-state index contributed by atoms with van der Waals surface area (Å²) in [4.78, 5) is 15.4. The van der Waals surface area contributed by atoms with Crippen molar-refractivity contribution in [3.63, 3.8) is 0 Å². The molecule has 6 nitrogen and oxygen atoms in total. The lowest BCUT2D eigenvalue weighted by Gasteiger charge is -2.19. The van der Waals surface area contributed by atoms with Gasteiger partial charge in [0.1, 0.15) is 5.82 Å². The number of primary amides is 1. The lowest BCUT2D eigenvalue weighted by Crippen LogP contribution is -2.23. The Kier molecular flexibility index (Phi) is 4.21. The van der Waals surface area contributed by atoms with Gasteiger partial charge in [-0.2, -0.15) is 0 Å². The van der Waals surface area contributed by atoms with Gasteiger partial charge in [0, 0.05) is 13.2 Å². The van der Waals surface area contributed by atoms with E-state index in [0.717, 1.165) is 19.3 Å². The van der Waals surface area contributed by atoms with Gasteiger partial charge < -0.3 is 21.9 Å². The quantitative estimate of drug-likeness (QED) is 0.621. The molecule has 1 aromatic heterocycles. The van der Waals surface area contributed by atoms with Crippen molar-refractivity contribution in [1.29, 1.82) is 0 Å². The van der Waals surface area contributed by atoms with Crippen LogP contribution in [0.3, 0.4) is 0 Å². The van der Waals surface area contributed by atoms with E-state index in [1.165, 1.54) is 12.3 Å². The first-order chi connectivity index (χ1) is 9.11. The Morgan fingerprint density at radius 2 is 2.21 bits per heavy atom. The van der Waals surface area contributed by atoms with Crippen LogP contribution < -0.4 is 16.8 Å². The Morgan fingerprint density at radius 3 is 2.89 bits per heavy atom. The minimum atomic E-state index is -0.549. The molecule has 0 bridgehead atoms.